The first-order chi connectivity index (χ1) is 12.5. The number of likely N-dealkylation sites (tertiary alicyclic amines) is 1. The molecule has 150 valence electrons. The number of nitrogens with one attached hydrogen (secondary N) is 1. The number of piperidine rings is 1. The Morgan fingerprint density at radius 3 is 2.48 bits per heavy atom. The van der Waals surface area contributed by atoms with Gasteiger partial charge in [0.1, 0.15) is 5.75 Å². The van der Waals surface area contributed by atoms with Crippen molar-refractivity contribution in [1.29, 1.82) is 0 Å². The molecule has 1 aliphatic heterocycles. The topological polar surface area (TPSA) is 84.7 Å². The van der Waals surface area contributed by atoms with Crippen LogP contribution >= 0.6 is 12.4 Å². The summed E-state index contributed by atoms with van der Waals surface area (Å²) in [6, 6.07) is 7.72. The minimum absolute atomic E-state index is 0. The second kappa shape index (κ2) is 9.42. The van der Waals surface area contributed by atoms with E-state index in [2.05, 4.69) is 5.32 Å². The van der Waals surface area contributed by atoms with Crippen LogP contribution in [0.25, 0.3) is 0 Å². The average Bonchev–Trinajstić information content (AvgIpc) is 3.11. The number of hydrogen-bond acceptors (Lipinski definition) is 4. The van der Waals surface area contributed by atoms with Gasteiger partial charge in [0.05, 0.1) is 19.1 Å². The quantitative estimate of drug-likeness (QED) is 0.798. The molecule has 0 radical (unpaired) electrons. The van der Waals surface area contributed by atoms with E-state index in [0.29, 0.717) is 19.5 Å². The number of nitrogens with two attached hydrogens (primary N) is 1. The van der Waals surface area contributed by atoms with Gasteiger partial charge in [-0.3, -0.25) is 9.59 Å². The molecule has 6 nitrogen and oxygen atoms in total. The average molecular weight is 396 g/mol. The minimum Gasteiger partial charge on any atom is -0.496 e. The molecule has 1 heterocycles. The Balaban J connectivity index is 0.00000261. The lowest BCUT2D eigenvalue weighted by Gasteiger charge is -2.34. The standard InChI is InChI=1S/C20H29N3O3.ClH/c1-26-17-7-3-2-6-15(17)14-18(24)23-12-8-16(9-13-23)22-19(25)20(21)10-4-5-11-20;/h2-3,6-7,16H,4-5,8-14,21H2,1H3,(H,22,25);1H. The van der Waals surface area contributed by atoms with Crippen molar-refractivity contribution >= 4 is 24.2 Å². The fraction of sp³-hybridized carbons (Fsp3) is 0.600. The predicted molar refractivity (Wildman–Crippen MR) is 107 cm³/mol. The molecule has 1 aromatic rings. The third-order valence-corrected chi connectivity index (χ3v) is 5.67. The first-order valence-electron chi connectivity index (χ1n) is 9.51. The lowest BCUT2D eigenvalue weighted by atomic mass is 9.96. The highest BCUT2D eigenvalue weighted by Gasteiger charge is 2.38. The van der Waals surface area contributed by atoms with Crippen LogP contribution in [0, 0.1) is 0 Å². The summed E-state index contributed by atoms with van der Waals surface area (Å²) in [6.45, 7) is 1.33. The van der Waals surface area contributed by atoms with Gasteiger partial charge in [-0.2, -0.15) is 0 Å². The van der Waals surface area contributed by atoms with Gasteiger partial charge < -0.3 is 20.7 Å². The minimum atomic E-state index is -0.684. The van der Waals surface area contributed by atoms with E-state index < -0.39 is 5.54 Å². The zero-order valence-corrected chi connectivity index (χ0v) is 16.7. The molecule has 0 spiro atoms. The molecular formula is C20H30ClN3O3. The van der Waals surface area contributed by atoms with Gasteiger partial charge in [0.25, 0.3) is 0 Å². The monoisotopic (exact) mass is 395 g/mol. The number of benzene rings is 1. The summed E-state index contributed by atoms with van der Waals surface area (Å²) in [4.78, 5) is 26.9. The van der Waals surface area contributed by atoms with Crippen molar-refractivity contribution < 1.29 is 14.3 Å². The summed E-state index contributed by atoms with van der Waals surface area (Å²) in [5, 5.41) is 3.11. The Morgan fingerprint density at radius 1 is 1.22 bits per heavy atom. The molecular weight excluding hydrogens is 366 g/mol. The van der Waals surface area contributed by atoms with Crippen LogP contribution in [0.1, 0.15) is 44.1 Å². The zero-order chi connectivity index (χ0) is 18.6. The van der Waals surface area contributed by atoms with Gasteiger partial charge in [-0.25, -0.2) is 0 Å². The molecule has 3 N–H and O–H groups in total. The second-order valence-electron chi connectivity index (χ2n) is 7.48. The van der Waals surface area contributed by atoms with E-state index in [1.54, 1.807) is 7.11 Å². The second-order valence-corrected chi connectivity index (χ2v) is 7.48. The number of methoxy groups -OCH3 is 1. The summed E-state index contributed by atoms with van der Waals surface area (Å²) in [7, 11) is 1.62. The van der Waals surface area contributed by atoms with Crippen LogP contribution in [0.5, 0.6) is 5.75 Å². The summed E-state index contributed by atoms with van der Waals surface area (Å²) in [5.74, 6) is 0.826. The Labute approximate surface area is 167 Å². The number of carbonyl (C=O) groups excluding carboxylic acids is 2. The van der Waals surface area contributed by atoms with Gasteiger partial charge in [-0.1, -0.05) is 31.0 Å². The smallest absolute Gasteiger partial charge is 0.240 e. The Morgan fingerprint density at radius 2 is 1.85 bits per heavy atom. The number of amides is 2. The van der Waals surface area contributed by atoms with Crippen LogP contribution in [0.4, 0.5) is 0 Å². The van der Waals surface area contributed by atoms with Crippen molar-refractivity contribution in [2.24, 2.45) is 5.73 Å². The SMILES string of the molecule is COc1ccccc1CC(=O)N1CCC(NC(=O)C2(N)CCCC2)CC1.Cl. The van der Waals surface area contributed by atoms with Crippen LogP contribution in [0.15, 0.2) is 24.3 Å². The molecule has 1 saturated heterocycles. The van der Waals surface area contributed by atoms with Crippen LogP contribution < -0.4 is 15.8 Å². The molecule has 7 heteroatoms. The molecule has 2 amide bonds. The first kappa shape index (κ1) is 21.5. The summed E-state index contributed by atoms with van der Waals surface area (Å²) in [6.07, 6.45) is 5.50. The molecule has 0 bridgehead atoms. The van der Waals surface area contributed by atoms with Crippen molar-refractivity contribution in [2.45, 2.75) is 56.5 Å². The summed E-state index contributed by atoms with van der Waals surface area (Å²) >= 11 is 0. The van der Waals surface area contributed by atoms with E-state index in [9.17, 15) is 9.59 Å². The molecule has 2 aliphatic rings. The lowest BCUT2D eigenvalue weighted by molar-refractivity contribution is -0.132. The van der Waals surface area contributed by atoms with Crippen LogP contribution in [0.3, 0.4) is 0 Å². The van der Waals surface area contributed by atoms with E-state index in [0.717, 1.165) is 49.8 Å². The maximum Gasteiger partial charge on any atom is 0.240 e. The van der Waals surface area contributed by atoms with Gasteiger partial charge in [0.15, 0.2) is 0 Å². The van der Waals surface area contributed by atoms with Crippen molar-refractivity contribution in [3.63, 3.8) is 0 Å². The highest BCUT2D eigenvalue weighted by atomic mass is 35.5. The number of ether oxygens (including phenoxy) is 1. The number of halogens is 1. The van der Waals surface area contributed by atoms with E-state index >= 15 is 0 Å². The normalized spacial score (nSPS) is 19.3. The third kappa shape index (κ3) is 5.14. The third-order valence-electron chi connectivity index (χ3n) is 5.67. The van der Waals surface area contributed by atoms with Crippen LogP contribution in [0.2, 0.25) is 0 Å². The highest BCUT2D eigenvalue weighted by Crippen LogP contribution is 2.28. The van der Waals surface area contributed by atoms with Gasteiger partial charge in [0, 0.05) is 24.7 Å². The number of carbonyl (C=O) groups is 2. The molecule has 1 aromatic carbocycles. The number of para-hydroxylation sites is 1. The van der Waals surface area contributed by atoms with E-state index in [4.69, 9.17) is 10.5 Å². The molecule has 27 heavy (non-hydrogen) atoms. The summed E-state index contributed by atoms with van der Waals surface area (Å²) in [5.41, 5.74) is 6.44. The molecule has 2 fully saturated rings. The van der Waals surface area contributed by atoms with Gasteiger partial charge in [-0.05, 0) is 31.7 Å². The number of hydrogen-bond donors (Lipinski definition) is 2. The molecule has 0 atom stereocenters. The number of nitrogens with zero attached hydrogens (tertiary/aromatic N) is 1. The fourth-order valence-corrected chi connectivity index (χ4v) is 3.96. The van der Waals surface area contributed by atoms with E-state index in [1.807, 2.05) is 29.2 Å². The predicted octanol–water partition coefficient (Wildman–Crippen LogP) is 2.04. The number of rotatable bonds is 5. The maximum atomic E-state index is 12.6. The molecule has 1 saturated carbocycles. The van der Waals surface area contributed by atoms with Gasteiger partial charge in [-0.15, -0.1) is 12.4 Å². The van der Waals surface area contributed by atoms with E-state index in [-0.39, 0.29) is 30.3 Å². The molecule has 0 unspecified atom stereocenters. The Hall–Kier alpha value is -1.79. The molecule has 1 aliphatic carbocycles. The largest absolute Gasteiger partial charge is 0.496 e. The molecule has 0 aromatic heterocycles. The van der Waals surface area contributed by atoms with Gasteiger partial charge in [0.2, 0.25) is 11.8 Å². The maximum absolute atomic E-state index is 12.6. The van der Waals surface area contributed by atoms with E-state index in [1.165, 1.54) is 0 Å². The molecule has 3 rings (SSSR count). The van der Waals surface area contributed by atoms with Crippen molar-refractivity contribution in [3.05, 3.63) is 29.8 Å². The fourth-order valence-electron chi connectivity index (χ4n) is 3.96. The first-order valence-corrected chi connectivity index (χ1v) is 9.51. The van der Waals surface area contributed by atoms with Crippen molar-refractivity contribution in [3.8, 4) is 5.75 Å². The summed E-state index contributed by atoms with van der Waals surface area (Å²) < 4.78 is 5.32. The van der Waals surface area contributed by atoms with Crippen molar-refractivity contribution in [1.82, 2.24) is 10.2 Å². The zero-order valence-electron chi connectivity index (χ0n) is 15.9. The van der Waals surface area contributed by atoms with Crippen molar-refractivity contribution in [2.75, 3.05) is 20.2 Å². The van der Waals surface area contributed by atoms with Crippen LogP contribution in [-0.4, -0.2) is 48.5 Å². The van der Waals surface area contributed by atoms with Gasteiger partial charge >= 0.3 is 0 Å². The lowest BCUT2D eigenvalue weighted by Crippen LogP contribution is -2.56. The Kier molecular flexibility index (Phi) is 7.50. The Bertz CT molecular complexity index is 654. The highest BCUT2D eigenvalue weighted by molar-refractivity contribution is 5.86. The van der Waals surface area contributed by atoms with Crippen LogP contribution in [-0.2, 0) is 16.0 Å².